The van der Waals surface area contributed by atoms with E-state index in [4.69, 9.17) is 9.47 Å². The lowest BCUT2D eigenvalue weighted by Gasteiger charge is -2.14. The third-order valence-corrected chi connectivity index (χ3v) is 3.60. The second-order valence-electron chi connectivity index (χ2n) is 4.85. The van der Waals surface area contributed by atoms with E-state index in [1.807, 2.05) is 18.2 Å². The molecule has 1 heterocycles. The Morgan fingerprint density at radius 1 is 1.05 bits per heavy atom. The molecular weight excluding hydrogens is 257 g/mol. The first-order valence-corrected chi connectivity index (χ1v) is 6.47. The van der Waals surface area contributed by atoms with E-state index in [0.717, 1.165) is 34.7 Å². The molecule has 4 heteroatoms. The van der Waals surface area contributed by atoms with Crippen LogP contribution in [-0.4, -0.2) is 14.2 Å². The summed E-state index contributed by atoms with van der Waals surface area (Å²) in [5, 5.41) is 3.40. The van der Waals surface area contributed by atoms with Crippen LogP contribution < -0.4 is 14.8 Å². The quantitative estimate of drug-likeness (QED) is 0.927. The van der Waals surface area contributed by atoms with Gasteiger partial charge in [0.25, 0.3) is 0 Å². The van der Waals surface area contributed by atoms with Crippen LogP contribution in [-0.2, 0) is 6.42 Å². The van der Waals surface area contributed by atoms with Crippen LogP contribution in [0.4, 0.5) is 10.1 Å². The Bertz CT molecular complexity index is 620. The van der Waals surface area contributed by atoms with Crippen molar-refractivity contribution in [1.82, 2.24) is 0 Å². The number of nitrogens with one attached hydrogen (secondary N) is 1. The highest BCUT2D eigenvalue weighted by Crippen LogP contribution is 2.37. The van der Waals surface area contributed by atoms with Crippen molar-refractivity contribution in [3.05, 3.63) is 53.3 Å². The molecule has 0 aliphatic carbocycles. The molecular formula is C16H16FNO2. The highest BCUT2D eigenvalue weighted by Gasteiger charge is 2.23. The van der Waals surface area contributed by atoms with E-state index in [1.54, 1.807) is 26.4 Å². The van der Waals surface area contributed by atoms with Crippen molar-refractivity contribution in [3.8, 4) is 11.5 Å². The van der Waals surface area contributed by atoms with Crippen LogP contribution in [0.2, 0.25) is 0 Å². The standard InChI is InChI=1S/C16H16FNO2/c1-19-13-6-11(7-14(9-13)20-2)16-8-10-5-12(17)3-4-15(10)18-16/h3-7,9,16,18H,8H2,1-2H3. The maximum atomic E-state index is 13.3. The van der Waals surface area contributed by atoms with Gasteiger partial charge in [-0.15, -0.1) is 0 Å². The van der Waals surface area contributed by atoms with Crippen LogP contribution in [0.3, 0.4) is 0 Å². The maximum Gasteiger partial charge on any atom is 0.123 e. The Hall–Kier alpha value is -2.23. The molecule has 104 valence electrons. The predicted molar refractivity (Wildman–Crippen MR) is 76.0 cm³/mol. The highest BCUT2D eigenvalue weighted by molar-refractivity contribution is 5.59. The molecule has 20 heavy (non-hydrogen) atoms. The zero-order chi connectivity index (χ0) is 14.1. The molecule has 0 radical (unpaired) electrons. The van der Waals surface area contributed by atoms with E-state index >= 15 is 0 Å². The van der Waals surface area contributed by atoms with Crippen molar-refractivity contribution >= 4 is 5.69 Å². The summed E-state index contributed by atoms with van der Waals surface area (Å²) >= 11 is 0. The van der Waals surface area contributed by atoms with E-state index in [1.165, 1.54) is 6.07 Å². The van der Waals surface area contributed by atoms with Crippen molar-refractivity contribution < 1.29 is 13.9 Å². The van der Waals surface area contributed by atoms with E-state index in [2.05, 4.69) is 5.32 Å². The minimum Gasteiger partial charge on any atom is -0.497 e. The van der Waals surface area contributed by atoms with Crippen molar-refractivity contribution in [2.75, 3.05) is 19.5 Å². The lowest BCUT2D eigenvalue weighted by atomic mass is 10.0. The van der Waals surface area contributed by atoms with Gasteiger partial charge in [-0.3, -0.25) is 0 Å². The molecule has 2 aromatic carbocycles. The van der Waals surface area contributed by atoms with E-state index in [-0.39, 0.29) is 11.9 Å². The molecule has 3 nitrogen and oxygen atoms in total. The van der Waals surface area contributed by atoms with Gasteiger partial charge in [-0.2, -0.15) is 0 Å². The number of rotatable bonds is 3. The first-order valence-electron chi connectivity index (χ1n) is 6.47. The van der Waals surface area contributed by atoms with Gasteiger partial charge in [0.15, 0.2) is 0 Å². The Labute approximate surface area is 117 Å². The molecule has 1 atom stereocenters. The summed E-state index contributed by atoms with van der Waals surface area (Å²) in [6.45, 7) is 0. The first-order chi connectivity index (χ1) is 9.69. The lowest BCUT2D eigenvalue weighted by Crippen LogP contribution is -2.06. The summed E-state index contributed by atoms with van der Waals surface area (Å²) < 4.78 is 23.8. The molecule has 0 amide bonds. The van der Waals surface area contributed by atoms with E-state index in [0.29, 0.717) is 0 Å². The molecule has 0 saturated heterocycles. The van der Waals surface area contributed by atoms with E-state index < -0.39 is 0 Å². The number of benzene rings is 2. The molecule has 0 bridgehead atoms. The second kappa shape index (κ2) is 5.04. The van der Waals surface area contributed by atoms with Crippen LogP contribution in [0, 0.1) is 5.82 Å². The molecule has 1 N–H and O–H groups in total. The van der Waals surface area contributed by atoms with Gasteiger partial charge in [-0.1, -0.05) is 0 Å². The van der Waals surface area contributed by atoms with Gasteiger partial charge in [0, 0.05) is 11.8 Å². The molecule has 0 saturated carbocycles. The molecule has 1 unspecified atom stereocenters. The van der Waals surface area contributed by atoms with Gasteiger partial charge in [0.2, 0.25) is 0 Å². The van der Waals surface area contributed by atoms with Gasteiger partial charge >= 0.3 is 0 Å². The molecule has 3 rings (SSSR count). The summed E-state index contributed by atoms with van der Waals surface area (Å²) in [5.41, 5.74) is 3.05. The predicted octanol–water partition coefficient (Wildman–Crippen LogP) is 3.55. The number of ether oxygens (including phenoxy) is 2. The fourth-order valence-electron chi connectivity index (χ4n) is 2.56. The average molecular weight is 273 g/mol. The van der Waals surface area contributed by atoms with Crippen molar-refractivity contribution in [2.24, 2.45) is 0 Å². The summed E-state index contributed by atoms with van der Waals surface area (Å²) in [5.74, 6) is 1.31. The monoisotopic (exact) mass is 273 g/mol. The van der Waals surface area contributed by atoms with Crippen LogP contribution >= 0.6 is 0 Å². The van der Waals surface area contributed by atoms with Crippen LogP contribution in [0.5, 0.6) is 11.5 Å². The van der Waals surface area contributed by atoms with Gasteiger partial charge in [0.1, 0.15) is 17.3 Å². The Morgan fingerprint density at radius 3 is 2.40 bits per heavy atom. The normalized spacial score (nSPS) is 16.4. The molecule has 0 spiro atoms. The summed E-state index contributed by atoms with van der Waals surface area (Å²) in [4.78, 5) is 0. The fraction of sp³-hybridized carbons (Fsp3) is 0.250. The Balaban J connectivity index is 1.92. The minimum atomic E-state index is -0.200. The molecule has 0 aromatic heterocycles. The van der Waals surface area contributed by atoms with Crippen molar-refractivity contribution in [1.29, 1.82) is 0 Å². The van der Waals surface area contributed by atoms with Crippen LogP contribution in [0.25, 0.3) is 0 Å². The molecule has 2 aromatic rings. The number of fused-ring (bicyclic) bond motifs is 1. The minimum absolute atomic E-state index is 0.107. The Kier molecular flexibility index (Phi) is 3.22. The largest absolute Gasteiger partial charge is 0.497 e. The summed E-state index contributed by atoms with van der Waals surface area (Å²) in [7, 11) is 3.26. The van der Waals surface area contributed by atoms with Crippen LogP contribution in [0.1, 0.15) is 17.2 Å². The number of hydrogen-bond donors (Lipinski definition) is 1. The zero-order valence-corrected chi connectivity index (χ0v) is 11.4. The topological polar surface area (TPSA) is 30.5 Å². The highest BCUT2D eigenvalue weighted by atomic mass is 19.1. The summed E-state index contributed by atoms with van der Waals surface area (Å²) in [6.07, 6.45) is 0.753. The smallest absolute Gasteiger partial charge is 0.123 e. The average Bonchev–Trinajstić information content (AvgIpc) is 2.89. The molecule has 0 fully saturated rings. The van der Waals surface area contributed by atoms with Crippen molar-refractivity contribution in [3.63, 3.8) is 0 Å². The van der Waals surface area contributed by atoms with Gasteiger partial charge < -0.3 is 14.8 Å². The number of halogens is 1. The maximum absolute atomic E-state index is 13.3. The number of anilines is 1. The Morgan fingerprint density at radius 2 is 1.75 bits per heavy atom. The second-order valence-corrected chi connectivity index (χ2v) is 4.85. The zero-order valence-electron chi connectivity index (χ0n) is 11.4. The number of hydrogen-bond acceptors (Lipinski definition) is 3. The third kappa shape index (κ3) is 2.29. The third-order valence-electron chi connectivity index (χ3n) is 3.60. The summed E-state index contributed by atoms with van der Waals surface area (Å²) in [6, 6.07) is 10.7. The van der Waals surface area contributed by atoms with Gasteiger partial charge in [0.05, 0.1) is 20.3 Å². The lowest BCUT2D eigenvalue weighted by molar-refractivity contribution is 0.393. The van der Waals surface area contributed by atoms with Gasteiger partial charge in [-0.25, -0.2) is 4.39 Å². The fourth-order valence-corrected chi connectivity index (χ4v) is 2.56. The SMILES string of the molecule is COc1cc(OC)cc(C2Cc3cc(F)ccc3N2)c1. The molecule has 1 aliphatic rings. The van der Waals surface area contributed by atoms with Crippen molar-refractivity contribution in [2.45, 2.75) is 12.5 Å². The van der Waals surface area contributed by atoms with Gasteiger partial charge in [-0.05, 0) is 47.9 Å². The first kappa shape index (κ1) is 12.8. The van der Waals surface area contributed by atoms with E-state index in [9.17, 15) is 4.39 Å². The number of methoxy groups -OCH3 is 2. The van der Waals surface area contributed by atoms with Crippen LogP contribution in [0.15, 0.2) is 36.4 Å². The molecule has 1 aliphatic heterocycles.